The van der Waals surface area contributed by atoms with Gasteiger partial charge in [-0.15, -0.1) is 0 Å². The third-order valence-corrected chi connectivity index (χ3v) is 7.12. The molecule has 5 rings (SSSR count). The molecule has 7 nitrogen and oxygen atoms in total. The molecule has 3 amide bonds. The molecule has 2 heterocycles. The van der Waals surface area contributed by atoms with Crippen LogP contribution in [0.5, 0.6) is 5.75 Å². The number of hydrogen-bond donors (Lipinski definition) is 1. The van der Waals surface area contributed by atoms with E-state index >= 15 is 0 Å². The Morgan fingerprint density at radius 1 is 1.28 bits per heavy atom. The van der Waals surface area contributed by atoms with Crippen molar-refractivity contribution in [2.75, 3.05) is 11.9 Å². The zero-order chi connectivity index (χ0) is 20.3. The van der Waals surface area contributed by atoms with Crippen molar-refractivity contribution in [2.45, 2.75) is 26.3 Å². The minimum atomic E-state index is -0.869. The lowest BCUT2D eigenvalue weighted by Gasteiger charge is -2.23. The quantitative estimate of drug-likeness (QED) is 0.604. The lowest BCUT2D eigenvalue weighted by molar-refractivity contribution is -0.146. The Labute approximate surface area is 171 Å². The number of allylic oxidation sites excluding steroid dienone is 2. The summed E-state index contributed by atoms with van der Waals surface area (Å²) in [6.45, 7) is 4.07. The molecule has 5 atom stereocenters. The molecular weight excluding hydrogens is 390 g/mol. The third kappa shape index (κ3) is 2.77. The first-order valence-corrected chi connectivity index (χ1v) is 10.7. The van der Waals surface area contributed by atoms with Crippen LogP contribution < -0.4 is 10.1 Å². The number of fused-ring (bicyclic) bond motifs is 6. The number of likely N-dealkylation sites (tertiary alicyclic amines) is 1. The van der Waals surface area contributed by atoms with E-state index in [2.05, 4.69) is 10.3 Å². The van der Waals surface area contributed by atoms with Crippen LogP contribution in [0.4, 0.5) is 5.13 Å². The number of amides is 3. The number of imide groups is 1. The predicted molar refractivity (Wildman–Crippen MR) is 108 cm³/mol. The minimum absolute atomic E-state index is 0.130. The number of aromatic nitrogens is 1. The van der Waals surface area contributed by atoms with E-state index in [1.54, 1.807) is 6.92 Å². The summed E-state index contributed by atoms with van der Waals surface area (Å²) in [5.74, 6) is -0.457. The number of ether oxygens (including phenoxy) is 1. The lowest BCUT2D eigenvalue weighted by atomic mass is 9.85. The molecule has 2 fully saturated rings. The third-order valence-electron chi connectivity index (χ3n) is 6.17. The van der Waals surface area contributed by atoms with E-state index in [1.165, 1.54) is 11.3 Å². The van der Waals surface area contributed by atoms with Crippen molar-refractivity contribution in [3.8, 4) is 5.75 Å². The molecule has 0 unspecified atom stereocenters. The Morgan fingerprint density at radius 3 is 2.62 bits per heavy atom. The van der Waals surface area contributed by atoms with Gasteiger partial charge in [-0.3, -0.25) is 19.3 Å². The molecule has 2 aliphatic carbocycles. The fraction of sp³-hybridized carbons (Fsp3) is 0.429. The van der Waals surface area contributed by atoms with Crippen molar-refractivity contribution in [1.29, 1.82) is 0 Å². The van der Waals surface area contributed by atoms with E-state index < -0.39 is 11.9 Å². The number of nitrogens with one attached hydrogen (secondary N) is 1. The van der Waals surface area contributed by atoms with Crippen molar-refractivity contribution < 1.29 is 19.1 Å². The van der Waals surface area contributed by atoms with Crippen LogP contribution >= 0.6 is 11.3 Å². The maximum absolute atomic E-state index is 12.9. The molecule has 1 saturated carbocycles. The number of anilines is 1. The summed E-state index contributed by atoms with van der Waals surface area (Å²) in [6, 6.07) is 4.72. The van der Waals surface area contributed by atoms with Crippen molar-refractivity contribution in [1.82, 2.24) is 9.88 Å². The van der Waals surface area contributed by atoms with Gasteiger partial charge in [0, 0.05) is 6.07 Å². The van der Waals surface area contributed by atoms with Gasteiger partial charge in [-0.05, 0) is 44.2 Å². The summed E-state index contributed by atoms with van der Waals surface area (Å²) in [4.78, 5) is 44.2. The second kappa shape index (κ2) is 6.66. The van der Waals surface area contributed by atoms with Crippen molar-refractivity contribution in [3.63, 3.8) is 0 Å². The first-order chi connectivity index (χ1) is 14.0. The number of carbonyl (C=O) groups is 3. The van der Waals surface area contributed by atoms with Crippen LogP contribution in [0.25, 0.3) is 10.2 Å². The Balaban J connectivity index is 1.33. The highest BCUT2D eigenvalue weighted by atomic mass is 32.1. The molecule has 29 heavy (non-hydrogen) atoms. The number of rotatable bonds is 5. The van der Waals surface area contributed by atoms with Crippen LogP contribution in [-0.2, 0) is 14.4 Å². The molecular formula is C21H21N3O4S. The van der Waals surface area contributed by atoms with Gasteiger partial charge in [-0.2, -0.15) is 0 Å². The fourth-order valence-electron chi connectivity index (χ4n) is 4.85. The smallest absolute Gasteiger partial charge is 0.249 e. The van der Waals surface area contributed by atoms with E-state index in [-0.39, 0.29) is 35.5 Å². The number of carbonyl (C=O) groups excluding carboxylic acids is 3. The zero-order valence-electron chi connectivity index (χ0n) is 16.1. The summed E-state index contributed by atoms with van der Waals surface area (Å²) < 4.78 is 6.40. The van der Waals surface area contributed by atoms with Crippen LogP contribution in [0.3, 0.4) is 0 Å². The molecule has 0 spiro atoms. The highest BCUT2D eigenvalue weighted by molar-refractivity contribution is 7.22. The fourth-order valence-corrected chi connectivity index (χ4v) is 5.70. The molecule has 2 aromatic rings. The number of nitrogens with zero attached hydrogens (tertiary/aromatic N) is 2. The van der Waals surface area contributed by atoms with Gasteiger partial charge in [0.1, 0.15) is 11.8 Å². The average Bonchev–Trinajstić information content (AvgIpc) is 3.44. The normalized spacial score (nSPS) is 28.3. The standard InChI is InChI=1S/C21H21N3O4S/c1-3-28-13-6-7-15-14(9-13)22-21(29-15)23-18(25)10(2)24-19(26)16-11-4-5-12(8-11)17(16)20(24)27/h4-7,9-12,16-17H,3,8H2,1-2H3,(H,22,23,25)/t10-,11-,12-,16-,17+/m0/s1. The van der Waals surface area contributed by atoms with Gasteiger partial charge in [0.15, 0.2) is 5.13 Å². The van der Waals surface area contributed by atoms with Crippen LogP contribution in [0.1, 0.15) is 20.3 Å². The number of thiazole rings is 1. The van der Waals surface area contributed by atoms with Gasteiger partial charge in [-0.25, -0.2) is 4.98 Å². The second-order valence-corrected chi connectivity index (χ2v) is 8.82. The Kier molecular flexibility index (Phi) is 4.20. The molecule has 1 N–H and O–H groups in total. The molecule has 0 radical (unpaired) electrons. The Morgan fingerprint density at radius 2 is 1.97 bits per heavy atom. The maximum Gasteiger partial charge on any atom is 0.249 e. The topological polar surface area (TPSA) is 88.6 Å². The largest absolute Gasteiger partial charge is 0.494 e. The summed E-state index contributed by atoms with van der Waals surface area (Å²) in [5.41, 5.74) is 0.731. The molecule has 150 valence electrons. The van der Waals surface area contributed by atoms with Crippen LogP contribution in [0, 0.1) is 23.7 Å². The molecule has 1 saturated heterocycles. The van der Waals surface area contributed by atoms with Crippen molar-refractivity contribution >= 4 is 44.4 Å². The van der Waals surface area contributed by atoms with Gasteiger partial charge in [-0.1, -0.05) is 23.5 Å². The summed E-state index contributed by atoms with van der Waals surface area (Å²) in [7, 11) is 0. The van der Waals surface area contributed by atoms with E-state index in [0.717, 1.165) is 27.3 Å². The molecule has 1 aliphatic heterocycles. The van der Waals surface area contributed by atoms with E-state index in [9.17, 15) is 14.4 Å². The maximum atomic E-state index is 12.9. The summed E-state index contributed by atoms with van der Waals surface area (Å²) in [6.07, 6.45) is 4.96. The number of hydrogen-bond acceptors (Lipinski definition) is 6. The molecule has 1 aromatic carbocycles. The Hall–Kier alpha value is -2.74. The van der Waals surface area contributed by atoms with Crippen LogP contribution in [-0.4, -0.2) is 40.3 Å². The van der Waals surface area contributed by atoms with Gasteiger partial charge < -0.3 is 10.1 Å². The zero-order valence-corrected chi connectivity index (χ0v) is 16.9. The predicted octanol–water partition coefficient (Wildman–Crippen LogP) is 2.83. The molecule has 2 bridgehead atoms. The first kappa shape index (κ1) is 18.3. The monoisotopic (exact) mass is 411 g/mol. The highest BCUT2D eigenvalue weighted by Crippen LogP contribution is 2.52. The van der Waals surface area contributed by atoms with E-state index in [0.29, 0.717) is 11.7 Å². The van der Waals surface area contributed by atoms with Crippen LogP contribution in [0.2, 0.25) is 0 Å². The van der Waals surface area contributed by atoms with Gasteiger partial charge >= 0.3 is 0 Å². The summed E-state index contributed by atoms with van der Waals surface area (Å²) in [5, 5.41) is 3.21. The second-order valence-electron chi connectivity index (χ2n) is 7.79. The molecule has 1 aromatic heterocycles. The molecule has 8 heteroatoms. The van der Waals surface area contributed by atoms with Gasteiger partial charge in [0.05, 0.1) is 28.7 Å². The molecule has 3 aliphatic rings. The average molecular weight is 411 g/mol. The van der Waals surface area contributed by atoms with Crippen LogP contribution in [0.15, 0.2) is 30.4 Å². The lowest BCUT2D eigenvalue weighted by Crippen LogP contribution is -2.46. The van der Waals surface area contributed by atoms with Crippen molar-refractivity contribution in [3.05, 3.63) is 30.4 Å². The van der Waals surface area contributed by atoms with Gasteiger partial charge in [0.25, 0.3) is 0 Å². The van der Waals surface area contributed by atoms with E-state index in [1.807, 2.05) is 37.3 Å². The Bertz CT molecular complexity index is 1030. The first-order valence-electron chi connectivity index (χ1n) is 9.87. The van der Waals surface area contributed by atoms with Gasteiger partial charge in [0.2, 0.25) is 17.7 Å². The highest BCUT2D eigenvalue weighted by Gasteiger charge is 2.60. The van der Waals surface area contributed by atoms with E-state index in [4.69, 9.17) is 4.74 Å². The SMILES string of the molecule is CCOc1ccc2sc(NC(=O)[C@H](C)N3C(=O)[C@@H]4[C@H](C3=O)[C@H]3C=C[C@H]4C3)nc2c1. The van der Waals surface area contributed by atoms with Crippen molar-refractivity contribution in [2.24, 2.45) is 23.7 Å². The number of benzene rings is 1. The minimum Gasteiger partial charge on any atom is -0.494 e. The summed E-state index contributed by atoms with van der Waals surface area (Å²) >= 11 is 1.34.